The van der Waals surface area contributed by atoms with Crippen molar-refractivity contribution in [2.45, 2.75) is 26.3 Å². The van der Waals surface area contributed by atoms with Gasteiger partial charge in [-0.3, -0.25) is 0 Å². The molecule has 42 heavy (non-hydrogen) atoms. The molecule has 0 saturated carbocycles. The maximum atomic E-state index is 11.5. The highest BCUT2D eigenvalue weighted by atomic mass is 35.5. The van der Waals surface area contributed by atoms with Gasteiger partial charge in [0.1, 0.15) is 11.6 Å². The third-order valence-electron chi connectivity index (χ3n) is 6.83. The number of ether oxygens (including phenoxy) is 1. The standard InChI is InChI=1S/C35H30Cl2N2O3/c1-2-3-19-42-30-15-12-27(13-16-30)26-10-7-24(8-11-26)9-18-34-38-33(31-17-14-29(36)21-32(31)37)23-39(34)22-25-5-4-6-28(20-25)35(40)41/h4-18,20-21,23H,2-3,19,22H2,1H3,(H,40,41)/b18-9+. The van der Waals surface area contributed by atoms with Crippen LogP contribution in [0.3, 0.4) is 0 Å². The monoisotopic (exact) mass is 596 g/mol. The Morgan fingerprint density at radius 2 is 1.67 bits per heavy atom. The van der Waals surface area contributed by atoms with Gasteiger partial charge in [-0.1, -0.05) is 91.2 Å². The number of benzene rings is 4. The molecule has 0 atom stereocenters. The number of hydrogen-bond donors (Lipinski definition) is 1. The number of aromatic nitrogens is 2. The molecule has 0 aliphatic heterocycles. The summed E-state index contributed by atoms with van der Waals surface area (Å²) in [6, 6.07) is 28.7. The van der Waals surface area contributed by atoms with Crippen LogP contribution in [0.1, 0.15) is 47.1 Å². The Hall–Kier alpha value is -4.32. The van der Waals surface area contributed by atoms with Crippen molar-refractivity contribution in [3.05, 3.63) is 130 Å². The van der Waals surface area contributed by atoms with Crippen molar-refractivity contribution < 1.29 is 14.6 Å². The Balaban J connectivity index is 1.39. The minimum absolute atomic E-state index is 0.240. The van der Waals surface area contributed by atoms with Crippen LogP contribution in [0.4, 0.5) is 0 Å². The molecule has 5 nitrogen and oxygen atoms in total. The third-order valence-corrected chi connectivity index (χ3v) is 7.38. The Kier molecular flexibility index (Phi) is 9.42. The number of unbranched alkanes of at least 4 members (excludes halogenated alkanes) is 1. The second-order valence-corrected chi connectivity index (χ2v) is 10.8. The number of hydrogen-bond acceptors (Lipinski definition) is 3. The number of rotatable bonds is 11. The highest BCUT2D eigenvalue weighted by Crippen LogP contribution is 2.31. The van der Waals surface area contributed by atoms with Crippen LogP contribution in [0.5, 0.6) is 5.75 Å². The van der Waals surface area contributed by atoms with Gasteiger partial charge in [0.15, 0.2) is 0 Å². The molecule has 212 valence electrons. The van der Waals surface area contributed by atoms with E-state index in [1.807, 2.05) is 47.2 Å². The van der Waals surface area contributed by atoms with E-state index >= 15 is 0 Å². The molecule has 5 rings (SSSR count). The summed E-state index contributed by atoms with van der Waals surface area (Å²) in [5.41, 5.74) is 5.81. The molecule has 0 fully saturated rings. The number of halogens is 2. The molecule has 0 aliphatic carbocycles. The second-order valence-electron chi connectivity index (χ2n) is 9.92. The summed E-state index contributed by atoms with van der Waals surface area (Å²) in [7, 11) is 0. The summed E-state index contributed by atoms with van der Waals surface area (Å²) >= 11 is 12.6. The molecule has 5 aromatic rings. The lowest BCUT2D eigenvalue weighted by atomic mass is 10.0. The normalized spacial score (nSPS) is 11.2. The van der Waals surface area contributed by atoms with Gasteiger partial charge in [0.2, 0.25) is 0 Å². The number of carbonyl (C=O) groups is 1. The fourth-order valence-electron chi connectivity index (χ4n) is 4.55. The van der Waals surface area contributed by atoms with Gasteiger partial charge in [0, 0.05) is 23.3 Å². The van der Waals surface area contributed by atoms with Crippen LogP contribution in [0.2, 0.25) is 10.0 Å². The molecule has 0 unspecified atom stereocenters. The molecule has 1 N–H and O–H groups in total. The van der Waals surface area contributed by atoms with Gasteiger partial charge < -0.3 is 14.4 Å². The smallest absolute Gasteiger partial charge is 0.335 e. The van der Waals surface area contributed by atoms with Gasteiger partial charge in [0.05, 0.1) is 22.9 Å². The summed E-state index contributed by atoms with van der Waals surface area (Å²) < 4.78 is 7.76. The van der Waals surface area contributed by atoms with E-state index in [9.17, 15) is 9.90 Å². The molecule has 1 heterocycles. The van der Waals surface area contributed by atoms with E-state index in [4.69, 9.17) is 32.9 Å². The number of carboxylic acid groups (broad SMARTS) is 1. The first kappa shape index (κ1) is 29.2. The molecule has 7 heteroatoms. The zero-order valence-electron chi connectivity index (χ0n) is 23.1. The summed E-state index contributed by atoms with van der Waals surface area (Å²) in [5.74, 6) is 0.631. The SMILES string of the molecule is CCCCOc1ccc(-c2ccc(/C=C/c3nc(-c4ccc(Cl)cc4Cl)cn3Cc3cccc(C(=O)O)c3)cc2)cc1. The topological polar surface area (TPSA) is 64.4 Å². The molecule has 0 radical (unpaired) electrons. The molecule has 4 aromatic carbocycles. The number of nitrogens with zero attached hydrogens (tertiary/aromatic N) is 2. The molecular weight excluding hydrogens is 567 g/mol. The Bertz CT molecular complexity index is 1710. The van der Waals surface area contributed by atoms with Crippen LogP contribution in [0, 0.1) is 0 Å². The van der Waals surface area contributed by atoms with E-state index in [1.54, 1.807) is 30.3 Å². The highest BCUT2D eigenvalue weighted by molar-refractivity contribution is 6.36. The molecule has 0 aliphatic rings. The van der Waals surface area contributed by atoms with Crippen molar-refractivity contribution in [1.29, 1.82) is 0 Å². The van der Waals surface area contributed by atoms with Crippen LogP contribution >= 0.6 is 23.2 Å². The van der Waals surface area contributed by atoms with Gasteiger partial charge >= 0.3 is 5.97 Å². The summed E-state index contributed by atoms with van der Waals surface area (Å²) in [6.07, 6.45) is 8.03. The van der Waals surface area contributed by atoms with E-state index < -0.39 is 5.97 Å². The van der Waals surface area contributed by atoms with Crippen molar-refractivity contribution >= 4 is 41.3 Å². The van der Waals surface area contributed by atoms with E-state index in [0.29, 0.717) is 28.1 Å². The molecule has 0 saturated heterocycles. The van der Waals surface area contributed by atoms with Gasteiger partial charge in [-0.2, -0.15) is 0 Å². The van der Waals surface area contributed by atoms with Crippen LogP contribution in [-0.4, -0.2) is 27.2 Å². The fraction of sp³-hybridized carbons (Fsp3) is 0.143. The Morgan fingerprint density at radius 3 is 2.36 bits per heavy atom. The van der Waals surface area contributed by atoms with E-state index in [2.05, 4.69) is 43.3 Å². The lowest BCUT2D eigenvalue weighted by Gasteiger charge is -2.07. The highest BCUT2D eigenvalue weighted by Gasteiger charge is 2.13. The molecule has 0 bridgehead atoms. The predicted octanol–water partition coefficient (Wildman–Crippen LogP) is 9.62. The third kappa shape index (κ3) is 7.30. The van der Waals surface area contributed by atoms with Gasteiger partial charge in [-0.15, -0.1) is 0 Å². The summed E-state index contributed by atoms with van der Waals surface area (Å²) in [4.78, 5) is 16.4. The average molecular weight is 598 g/mol. The minimum Gasteiger partial charge on any atom is -0.494 e. The Labute approximate surface area is 255 Å². The van der Waals surface area contributed by atoms with Crippen molar-refractivity contribution in [2.75, 3.05) is 6.61 Å². The van der Waals surface area contributed by atoms with E-state index in [1.165, 1.54) is 0 Å². The minimum atomic E-state index is -0.962. The quantitative estimate of drug-likeness (QED) is 0.154. The predicted molar refractivity (Wildman–Crippen MR) is 171 cm³/mol. The number of carboxylic acids is 1. The molecule has 1 aromatic heterocycles. The maximum absolute atomic E-state index is 11.5. The first-order valence-corrected chi connectivity index (χ1v) is 14.5. The van der Waals surface area contributed by atoms with E-state index in [-0.39, 0.29) is 5.56 Å². The van der Waals surface area contributed by atoms with Gasteiger partial charge in [0.25, 0.3) is 0 Å². The summed E-state index contributed by atoms with van der Waals surface area (Å²) in [6.45, 7) is 3.32. The Morgan fingerprint density at radius 1 is 0.929 bits per heavy atom. The van der Waals surface area contributed by atoms with Gasteiger partial charge in [-0.25, -0.2) is 9.78 Å². The van der Waals surface area contributed by atoms with Crippen LogP contribution in [0.15, 0.2) is 97.2 Å². The molecule has 0 amide bonds. The summed E-state index contributed by atoms with van der Waals surface area (Å²) in [5, 5.41) is 10.5. The molecule has 0 spiro atoms. The van der Waals surface area contributed by atoms with Gasteiger partial charge in [-0.05, 0) is 77.2 Å². The van der Waals surface area contributed by atoms with Crippen molar-refractivity contribution in [3.63, 3.8) is 0 Å². The first-order chi connectivity index (χ1) is 20.4. The first-order valence-electron chi connectivity index (χ1n) is 13.8. The zero-order chi connectivity index (χ0) is 29.5. The van der Waals surface area contributed by atoms with Crippen LogP contribution < -0.4 is 4.74 Å². The lowest BCUT2D eigenvalue weighted by molar-refractivity contribution is 0.0696. The van der Waals surface area contributed by atoms with Crippen molar-refractivity contribution in [1.82, 2.24) is 9.55 Å². The van der Waals surface area contributed by atoms with Crippen LogP contribution in [-0.2, 0) is 6.54 Å². The number of imidazole rings is 1. The van der Waals surface area contributed by atoms with E-state index in [0.717, 1.165) is 53.0 Å². The van der Waals surface area contributed by atoms with Crippen LogP contribution in [0.25, 0.3) is 34.5 Å². The molecular formula is C35H30Cl2N2O3. The maximum Gasteiger partial charge on any atom is 0.335 e. The zero-order valence-corrected chi connectivity index (χ0v) is 24.6. The largest absolute Gasteiger partial charge is 0.494 e. The van der Waals surface area contributed by atoms with Crippen molar-refractivity contribution in [2.24, 2.45) is 0 Å². The van der Waals surface area contributed by atoms with Crippen molar-refractivity contribution in [3.8, 4) is 28.1 Å². The fourth-order valence-corrected chi connectivity index (χ4v) is 5.06. The number of aromatic carboxylic acids is 1. The second kappa shape index (κ2) is 13.6. The average Bonchev–Trinajstić information content (AvgIpc) is 3.39. The lowest BCUT2D eigenvalue weighted by Crippen LogP contribution is -2.03.